The highest BCUT2D eigenvalue weighted by Gasteiger charge is 2.14. The molecule has 0 radical (unpaired) electrons. The highest BCUT2D eigenvalue weighted by atomic mass is 35.5. The molecule has 5 N–H and O–H groups in total. The first-order chi connectivity index (χ1) is 8.24. The predicted octanol–water partition coefficient (Wildman–Crippen LogP) is 1.64. The summed E-state index contributed by atoms with van der Waals surface area (Å²) in [6.45, 7) is 4.09. The quantitative estimate of drug-likeness (QED) is 0.437. The Bertz CT molecular complexity index is 270. The van der Waals surface area contributed by atoms with Gasteiger partial charge in [0, 0.05) is 11.8 Å². The highest BCUT2D eigenvalue weighted by molar-refractivity contribution is 5.85. The molecule has 0 amide bonds. The summed E-state index contributed by atoms with van der Waals surface area (Å²) in [5.74, 6) is 1.04. The molecule has 0 unspecified atom stereocenters. The summed E-state index contributed by atoms with van der Waals surface area (Å²) in [6.07, 6.45) is 4.15. The first kappa shape index (κ1) is 24.1. The standard InChI is InChI=1S/C6H13N3.C6H10N2.CH4.ClH.FH/c7-6(8)5-1-3-9-4-2-5;7-5-6-1-3-8-4-2-6;;;/h5,9H,1-4H2,(H3,7,8);6,8H,1-4H2;1H4;2*1H. The molecule has 2 rings (SSSR count). The van der Waals surface area contributed by atoms with Crippen LogP contribution < -0.4 is 16.4 Å². The second-order valence-corrected chi connectivity index (χ2v) is 4.63. The van der Waals surface area contributed by atoms with Gasteiger partial charge in [0.15, 0.2) is 0 Å². The van der Waals surface area contributed by atoms with E-state index < -0.39 is 0 Å². The SMILES string of the molecule is C.Cl.F.N#CC1CCNCC1.N=C(N)C1CCNCC1. The fourth-order valence-electron chi connectivity index (χ4n) is 2.08. The normalized spacial score (nSPS) is 18.8. The Labute approximate surface area is 128 Å². The maximum Gasteiger partial charge on any atom is 0.0937 e. The van der Waals surface area contributed by atoms with Crippen molar-refractivity contribution < 1.29 is 4.70 Å². The highest BCUT2D eigenvalue weighted by Crippen LogP contribution is 2.09. The van der Waals surface area contributed by atoms with E-state index in [1.807, 2.05) is 0 Å². The van der Waals surface area contributed by atoms with Crippen LogP contribution >= 0.6 is 12.4 Å². The van der Waals surface area contributed by atoms with Gasteiger partial charge in [0.25, 0.3) is 0 Å². The van der Waals surface area contributed by atoms with Crippen molar-refractivity contribution in [3.63, 3.8) is 0 Å². The largest absolute Gasteiger partial charge is 0.387 e. The number of amidine groups is 1. The molecule has 0 aliphatic carbocycles. The molecule has 7 heteroatoms. The van der Waals surface area contributed by atoms with Crippen LogP contribution in [0.4, 0.5) is 4.70 Å². The van der Waals surface area contributed by atoms with Crippen LogP contribution in [-0.2, 0) is 0 Å². The smallest absolute Gasteiger partial charge is 0.0937 e. The number of nitrogens with zero attached hydrogens (tertiary/aromatic N) is 1. The van der Waals surface area contributed by atoms with Crippen molar-refractivity contribution in [1.82, 2.24) is 10.6 Å². The van der Waals surface area contributed by atoms with Crippen molar-refractivity contribution in [2.45, 2.75) is 33.1 Å². The molecule has 2 aliphatic rings. The summed E-state index contributed by atoms with van der Waals surface area (Å²) in [6, 6.07) is 2.26. The van der Waals surface area contributed by atoms with Crippen molar-refractivity contribution in [1.29, 1.82) is 10.7 Å². The molecule has 5 nitrogen and oxygen atoms in total. The van der Waals surface area contributed by atoms with Gasteiger partial charge in [-0.15, -0.1) is 12.4 Å². The number of rotatable bonds is 1. The summed E-state index contributed by atoms with van der Waals surface area (Å²) >= 11 is 0. The van der Waals surface area contributed by atoms with E-state index >= 15 is 0 Å². The number of halogens is 2. The van der Waals surface area contributed by atoms with E-state index in [-0.39, 0.29) is 24.5 Å². The topological polar surface area (TPSA) is 97.7 Å². The van der Waals surface area contributed by atoms with Gasteiger partial charge in [-0.05, 0) is 51.9 Å². The van der Waals surface area contributed by atoms with Gasteiger partial charge in [0.05, 0.1) is 11.9 Å². The molecule has 2 heterocycles. The van der Waals surface area contributed by atoms with Gasteiger partial charge >= 0.3 is 0 Å². The Balaban J connectivity index is -0.000000252. The zero-order valence-corrected chi connectivity index (χ0v) is 12.0. The van der Waals surface area contributed by atoms with Gasteiger partial charge in [0.2, 0.25) is 0 Å². The lowest BCUT2D eigenvalue weighted by molar-refractivity contribution is 0.444. The lowest BCUT2D eigenvalue weighted by Gasteiger charge is -2.20. The first-order valence-corrected chi connectivity index (χ1v) is 6.39. The first-order valence-electron chi connectivity index (χ1n) is 6.39. The average Bonchev–Trinajstić information content (AvgIpc) is 2.41. The molecule has 20 heavy (non-hydrogen) atoms. The van der Waals surface area contributed by atoms with E-state index in [2.05, 4.69) is 16.7 Å². The predicted molar refractivity (Wildman–Crippen MR) is 85.2 cm³/mol. The molecule has 2 saturated heterocycles. The van der Waals surface area contributed by atoms with Gasteiger partial charge in [-0.3, -0.25) is 10.1 Å². The summed E-state index contributed by atoms with van der Waals surface area (Å²) in [4.78, 5) is 0. The molecule has 120 valence electrons. The maximum absolute atomic E-state index is 8.41. The minimum atomic E-state index is 0. The Kier molecular flexibility index (Phi) is 17.5. The maximum atomic E-state index is 8.41. The van der Waals surface area contributed by atoms with E-state index in [0.717, 1.165) is 51.9 Å². The molecule has 0 spiro atoms. The molecular weight excluding hydrogens is 281 g/mol. The molecule has 0 bridgehead atoms. The van der Waals surface area contributed by atoms with Crippen LogP contribution in [0.2, 0.25) is 0 Å². The van der Waals surface area contributed by atoms with Crippen LogP contribution in [0.3, 0.4) is 0 Å². The molecule has 0 aromatic carbocycles. The third kappa shape index (κ3) is 9.96. The molecule has 0 saturated carbocycles. The van der Waals surface area contributed by atoms with Crippen molar-refractivity contribution in [3.05, 3.63) is 0 Å². The number of nitrogens with one attached hydrogen (secondary N) is 3. The lowest BCUT2D eigenvalue weighted by Crippen LogP contribution is -2.34. The molecule has 0 aromatic heterocycles. The minimum absolute atomic E-state index is 0. The van der Waals surface area contributed by atoms with Gasteiger partial charge in [-0.1, -0.05) is 7.43 Å². The number of hydrogen-bond acceptors (Lipinski definition) is 4. The molecule has 0 aromatic rings. The van der Waals surface area contributed by atoms with Gasteiger partial charge in [0.1, 0.15) is 0 Å². The van der Waals surface area contributed by atoms with E-state index in [4.69, 9.17) is 16.4 Å². The van der Waals surface area contributed by atoms with E-state index in [1.54, 1.807) is 0 Å². The number of nitrogens with two attached hydrogens (primary N) is 1. The second-order valence-electron chi connectivity index (χ2n) is 4.63. The van der Waals surface area contributed by atoms with E-state index in [1.165, 1.54) is 0 Å². The van der Waals surface area contributed by atoms with E-state index in [9.17, 15) is 0 Å². The Morgan fingerprint density at radius 1 is 1.05 bits per heavy atom. The summed E-state index contributed by atoms with van der Waals surface area (Å²) < 4.78 is 0. The van der Waals surface area contributed by atoms with Crippen molar-refractivity contribution in [2.24, 2.45) is 17.6 Å². The molecule has 2 fully saturated rings. The fraction of sp³-hybridized carbons (Fsp3) is 0.846. The van der Waals surface area contributed by atoms with E-state index in [0.29, 0.717) is 17.7 Å². The fourth-order valence-corrected chi connectivity index (χ4v) is 2.08. The minimum Gasteiger partial charge on any atom is -0.387 e. The zero-order chi connectivity index (χ0) is 12.5. The van der Waals surface area contributed by atoms with Gasteiger partial charge < -0.3 is 16.4 Å². The van der Waals surface area contributed by atoms with Crippen LogP contribution in [0, 0.1) is 28.6 Å². The van der Waals surface area contributed by atoms with Crippen LogP contribution in [0.5, 0.6) is 0 Å². The number of piperidine rings is 2. The Morgan fingerprint density at radius 2 is 1.45 bits per heavy atom. The summed E-state index contributed by atoms with van der Waals surface area (Å²) in [5.41, 5.74) is 5.32. The van der Waals surface area contributed by atoms with Gasteiger partial charge in [-0.2, -0.15) is 5.26 Å². The van der Waals surface area contributed by atoms with Gasteiger partial charge in [-0.25, -0.2) is 0 Å². The third-order valence-corrected chi connectivity index (χ3v) is 3.30. The zero-order valence-electron chi connectivity index (χ0n) is 11.2. The lowest BCUT2D eigenvalue weighted by atomic mass is 9.97. The van der Waals surface area contributed by atoms with Crippen LogP contribution in [0.1, 0.15) is 33.1 Å². The summed E-state index contributed by atoms with van der Waals surface area (Å²) in [5, 5.41) is 22.0. The molecular formula is C13H29ClFN5. The van der Waals surface area contributed by atoms with Crippen LogP contribution in [-0.4, -0.2) is 32.0 Å². The molecule has 0 atom stereocenters. The number of nitriles is 1. The number of hydrogen-bond donors (Lipinski definition) is 4. The Hall–Kier alpha value is -0.900. The van der Waals surface area contributed by atoms with Crippen LogP contribution in [0.25, 0.3) is 0 Å². The average molecular weight is 310 g/mol. The summed E-state index contributed by atoms with van der Waals surface area (Å²) in [7, 11) is 0. The monoisotopic (exact) mass is 309 g/mol. The van der Waals surface area contributed by atoms with Crippen molar-refractivity contribution >= 4 is 18.2 Å². The molecule has 2 aliphatic heterocycles. The van der Waals surface area contributed by atoms with Crippen molar-refractivity contribution in [3.8, 4) is 6.07 Å². The second kappa shape index (κ2) is 14.5. The third-order valence-electron chi connectivity index (χ3n) is 3.30. The van der Waals surface area contributed by atoms with Crippen molar-refractivity contribution in [2.75, 3.05) is 26.2 Å². The van der Waals surface area contributed by atoms with Crippen LogP contribution in [0.15, 0.2) is 0 Å². The Morgan fingerprint density at radius 3 is 1.70 bits per heavy atom.